The smallest absolute Gasteiger partial charge is 0.253 e. The lowest BCUT2D eigenvalue weighted by Gasteiger charge is -2.21. The van der Waals surface area contributed by atoms with Crippen molar-refractivity contribution in [1.29, 1.82) is 0 Å². The van der Waals surface area contributed by atoms with Crippen molar-refractivity contribution in [2.75, 3.05) is 0 Å². The number of benzene rings is 3. The third-order valence-electron chi connectivity index (χ3n) is 6.18. The Labute approximate surface area is 195 Å². The molecule has 1 aliphatic rings. The van der Waals surface area contributed by atoms with Crippen molar-refractivity contribution in [1.82, 2.24) is 0 Å². The van der Waals surface area contributed by atoms with Crippen molar-refractivity contribution in [2.24, 2.45) is 4.99 Å². The lowest BCUT2D eigenvalue weighted by Crippen LogP contribution is -2.14. The largest absolute Gasteiger partial charge is 0.264 e. The molecule has 0 radical (unpaired) electrons. The fourth-order valence-corrected chi connectivity index (χ4v) is 5.79. The fourth-order valence-electron chi connectivity index (χ4n) is 4.56. The van der Waals surface area contributed by atoms with Crippen LogP contribution < -0.4 is 0 Å². The molecule has 5 rings (SSSR count). The van der Waals surface area contributed by atoms with Crippen LogP contribution in [0.2, 0.25) is 0 Å². The van der Waals surface area contributed by atoms with Gasteiger partial charge < -0.3 is 0 Å². The number of thiophene rings is 1. The minimum atomic E-state index is -0.349. The van der Waals surface area contributed by atoms with Crippen LogP contribution in [0, 0.1) is 10.1 Å². The van der Waals surface area contributed by atoms with Gasteiger partial charge in [0, 0.05) is 26.2 Å². The first-order valence-electron chi connectivity index (χ1n) is 10.8. The van der Waals surface area contributed by atoms with Crippen molar-refractivity contribution >= 4 is 49.0 Å². The van der Waals surface area contributed by atoms with Crippen LogP contribution in [0.1, 0.15) is 24.8 Å². The summed E-state index contributed by atoms with van der Waals surface area (Å²) in [6, 6.07) is 19.0. The minimum absolute atomic E-state index is 0.204. The number of hydrogen-bond acceptors (Lipinski definition) is 4. The molecule has 1 aliphatic carbocycles. The maximum Gasteiger partial charge on any atom is 0.253 e. The first-order chi connectivity index (χ1) is 16.1. The molecule has 0 fully saturated rings. The predicted molar refractivity (Wildman–Crippen MR) is 140 cm³/mol. The van der Waals surface area contributed by atoms with Gasteiger partial charge in [0.25, 0.3) is 5.70 Å². The van der Waals surface area contributed by atoms with Crippen LogP contribution in [-0.2, 0) is 0 Å². The van der Waals surface area contributed by atoms with Crippen molar-refractivity contribution in [3.8, 4) is 0 Å². The molecule has 5 heteroatoms. The lowest BCUT2D eigenvalue weighted by atomic mass is 9.83. The first-order valence-corrected chi connectivity index (χ1v) is 11.6. The number of fused-ring (bicyclic) bond motifs is 5. The molecule has 1 unspecified atom stereocenters. The molecule has 33 heavy (non-hydrogen) atoms. The number of nitrogens with zero attached hydrogens (tertiary/aromatic N) is 2. The maximum absolute atomic E-state index is 11.8. The van der Waals surface area contributed by atoms with Gasteiger partial charge in [0.15, 0.2) is 0 Å². The van der Waals surface area contributed by atoms with Gasteiger partial charge in [0.2, 0.25) is 0 Å². The van der Waals surface area contributed by atoms with Crippen LogP contribution in [0.15, 0.2) is 107 Å². The lowest BCUT2D eigenvalue weighted by molar-refractivity contribution is -0.430. The molecule has 1 aromatic heterocycles. The highest BCUT2D eigenvalue weighted by molar-refractivity contribution is 7.26. The summed E-state index contributed by atoms with van der Waals surface area (Å²) < 4.78 is 2.52. The Bertz CT molecular complexity index is 1550. The van der Waals surface area contributed by atoms with E-state index in [-0.39, 0.29) is 16.5 Å². The van der Waals surface area contributed by atoms with Gasteiger partial charge in [-0.05, 0) is 54.1 Å². The highest BCUT2D eigenvalue weighted by atomic mass is 32.1. The van der Waals surface area contributed by atoms with E-state index in [1.54, 1.807) is 23.5 Å². The molecular weight excluding hydrogens is 428 g/mol. The molecular formula is C28H22N2O2S. The number of hydrogen-bond donors (Lipinski definition) is 0. The van der Waals surface area contributed by atoms with Gasteiger partial charge in [-0.2, -0.15) is 0 Å². The quantitative estimate of drug-likeness (QED) is 0.134. The Morgan fingerprint density at radius 1 is 1.12 bits per heavy atom. The molecule has 0 bridgehead atoms. The average molecular weight is 451 g/mol. The number of aliphatic imine (C=N–C) groups is 1. The second-order valence-corrected chi connectivity index (χ2v) is 9.11. The summed E-state index contributed by atoms with van der Waals surface area (Å²) >= 11 is 1.79. The number of nitro groups is 1. The summed E-state index contributed by atoms with van der Waals surface area (Å²) in [6.07, 6.45) is 9.62. The SMILES string of the molecule is C=N/C(=C\C=C/C)C1=CC=C([N+](=O)[O-])C(c2ccc3c(ccc4c5ccccc5sc34)c2)C1. The van der Waals surface area contributed by atoms with E-state index in [9.17, 15) is 10.1 Å². The highest BCUT2D eigenvalue weighted by Gasteiger charge is 2.31. The van der Waals surface area contributed by atoms with Crippen LogP contribution >= 0.6 is 11.3 Å². The Morgan fingerprint density at radius 3 is 2.73 bits per heavy atom. The molecule has 1 atom stereocenters. The summed E-state index contributed by atoms with van der Waals surface area (Å²) in [5.41, 5.74) is 2.82. The Hall–Kier alpha value is -3.83. The molecule has 0 saturated heterocycles. The van der Waals surface area contributed by atoms with Crippen molar-refractivity contribution in [2.45, 2.75) is 19.3 Å². The number of allylic oxidation sites excluding steroid dienone is 7. The van der Waals surface area contributed by atoms with E-state index in [0.29, 0.717) is 6.42 Å². The highest BCUT2D eigenvalue weighted by Crippen LogP contribution is 2.41. The van der Waals surface area contributed by atoms with Gasteiger partial charge in [0.05, 0.1) is 16.5 Å². The molecule has 0 aliphatic heterocycles. The van der Waals surface area contributed by atoms with E-state index in [0.717, 1.165) is 22.2 Å². The van der Waals surface area contributed by atoms with E-state index in [1.165, 1.54) is 25.6 Å². The summed E-state index contributed by atoms with van der Waals surface area (Å²) in [5, 5.41) is 16.6. The average Bonchev–Trinajstić information content (AvgIpc) is 3.23. The van der Waals surface area contributed by atoms with Gasteiger partial charge in [-0.3, -0.25) is 15.1 Å². The van der Waals surface area contributed by atoms with Crippen molar-refractivity contribution in [3.05, 3.63) is 118 Å². The van der Waals surface area contributed by atoms with Crippen LogP contribution in [0.4, 0.5) is 0 Å². The molecule has 3 aromatic carbocycles. The zero-order valence-electron chi connectivity index (χ0n) is 18.2. The summed E-state index contributed by atoms with van der Waals surface area (Å²) in [4.78, 5) is 15.7. The minimum Gasteiger partial charge on any atom is -0.264 e. The molecule has 1 heterocycles. The van der Waals surface area contributed by atoms with E-state index >= 15 is 0 Å². The third kappa shape index (κ3) is 3.70. The third-order valence-corrected chi connectivity index (χ3v) is 7.40. The van der Waals surface area contributed by atoms with E-state index < -0.39 is 0 Å². The van der Waals surface area contributed by atoms with E-state index in [1.807, 2.05) is 31.2 Å². The Kier molecular flexibility index (Phi) is 5.48. The summed E-state index contributed by atoms with van der Waals surface area (Å²) in [7, 11) is 0. The molecule has 0 saturated carbocycles. The van der Waals surface area contributed by atoms with Crippen LogP contribution in [-0.4, -0.2) is 11.6 Å². The van der Waals surface area contributed by atoms with E-state index in [2.05, 4.69) is 60.2 Å². The summed E-state index contributed by atoms with van der Waals surface area (Å²) in [6.45, 7) is 5.62. The van der Waals surface area contributed by atoms with Crippen molar-refractivity contribution < 1.29 is 4.92 Å². The van der Waals surface area contributed by atoms with Crippen molar-refractivity contribution in [3.63, 3.8) is 0 Å². The van der Waals surface area contributed by atoms with Crippen LogP contribution in [0.5, 0.6) is 0 Å². The normalized spacial score (nSPS) is 17.0. The molecule has 0 amide bonds. The number of rotatable bonds is 5. The zero-order valence-corrected chi connectivity index (χ0v) is 19.0. The van der Waals surface area contributed by atoms with E-state index in [4.69, 9.17) is 0 Å². The molecule has 4 nitrogen and oxygen atoms in total. The van der Waals surface area contributed by atoms with Crippen LogP contribution in [0.3, 0.4) is 0 Å². The molecule has 0 N–H and O–H groups in total. The Morgan fingerprint density at radius 2 is 1.94 bits per heavy atom. The van der Waals surface area contributed by atoms with Gasteiger partial charge in [-0.25, -0.2) is 0 Å². The standard InChI is InChI=1S/C28H22N2O2S/c1-3-4-8-25(29-2)20-12-15-26(30(31)32)24(17-20)19-10-13-21-18(16-19)11-14-23-22-7-5-6-9-27(22)33-28(21)23/h3-16,24H,2,17H2,1H3/b4-3-,25-8-. The topological polar surface area (TPSA) is 55.5 Å². The molecule has 4 aromatic rings. The summed E-state index contributed by atoms with van der Waals surface area (Å²) in [5.74, 6) is -0.349. The van der Waals surface area contributed by atoms with Gasteiger partial charge >= 0.3 is 0 Å². The van der Waals surface area contributed by atoms with Gasteiger partial charge in [-0.1, -0.05) is 66.8 Å². The molecule has 162 valence electrons. The fraction of sp³-hybridized carbons (Fsp3) is 0.107. The monoisotopic (exact) mass is 450 g/mol. The van der Waals surface area contributed by atoms with Gasteiger partial charge in [-0.15, -0.1) is 11.3 Å². The predicted octanol–water partition coefficient (Wildman–Crippen LogP) is 7.94. The van der Waals surface area contributed by atoms with Crippen LogP contribution in [0.25, 0.3) is 30.9 Å². The zero-order chi connectivity index (χ0) is 22.9. The Balaban J connectivity index is 1.61. The second kappa shape index (κ2) is 8.60. The van der Waals surface area contributed by atoms with Gasteiger partial charge in [0.1, 0.15) is 0 Å². The second-order valence-electron chi connectivity index (χ2n) is 8.05. The maximum atomic E-state index is 11.8. The first kappa shape index (κ1) is 21.0. The molecule has 0 spiro atoms.